The molecule has 5 heteroatoms. The predicted molar refractivity (Wildman–Crippen MR) is 76.1 cm³/mol. The highest BCUT2D eigenvalue weighted by Crippen LogP contribution is 2.31. The molecule has 0 saturated heterocycles. The summed E-state index contributed by atoms with van der Waals surface area (Å²) in [4.78, 5) is 12.0. The van der Waals surface area contributed by atoms with Crippen LogP contribution in [0.3, 0.4) is 0 Å². The molecule has 0 aliphatic heterocycles. The lowest BCUT2D eigenvalue weighted by molar-refractivity contribution is 0.0472. The largest absolute Gasteiger partial charge is 0.504 e. The first kappa shape index (κ1) is 14.9. The summed E-state index contributed by atoms with van der Waals surface area (Å²) in [6.45, 7) is -0.251. The van der Waals surface area contributed by atoms with Crippen molar-refractivity contribution in [2.45, 2.75) is 13.2 Å². The Hall–Kier alpha value is -2.53. The molecule has 5 nitrogen and oxygen atoms in total. The number of methoxy groups -OCH3 is 1. The molecule has 2 aromatic carbocycles. The van der Waals surface area contributed by atoms with E-state index in [1.54, 1.807) is 0 Å². The summed E-state index contributed by atoms with van der Waals surface area (Å²) in [5.74, 6) is -0.611. The summed E-state index contributed by atoms with van der Waals surface area (Å²) < 4.78 is 10.2. The van der Waals surface area contributed by atoms with Crippen molar-refractivity contribution in [2.24, 2.45) is 0 Å². The van der Waals surface area contributed by atoms with Gasteiger partial charge in [0.05, 0.1) is 19.3 Å². The van der Waals surface area contributed by atoms with E-state index in [1.165, 1.54) is 19.2 Å². The van der Waals surface area contributed by atoms with Crippen LogP contribution in [0.2, 0.25) is 0 Å². The molecule has 110 valence electrons. The van der Waals surface area contributed by atoms with Crippen LogP contribution in [0.15, 0.2) is 42.5 Å². The Kier molecular flexibility index (Phi) is 4.79. The Bertz CT molecular complexity index is 597. The topological polar surface area (TPSA) is 76.0 Å². The van der Waals surface area contributed by atoms with Crippen LogP contribution >= 0.6 is 0 Å². The number of aliphatic hydroxyl groups is 1. The van der Waals surface area contributed by atoms with Gasteiger partial charge in [0.15, 0.2) is 11.5 Å². The summed E-state index contributed by atoms with van der Waals surface area (Å²) in [6, 6.07) is 12.1. The van der Waals surface area contributed by atoms with E-state index in [0.717, 1.165) is 5.56 Å². The number of hydrogen-bond donors (Lipinski definition) is 2. The van der Waals surface area contributed by atoms with Gasteiger partial charge in [-0.2, -0.15) is 0 Å². The number of esters is 1. The predicted octanol–water partition coefficient (Wildman–Crippen LogP) is 2.25. The van der Waals surface area contributed by atoms with Crippen LogP contribution in [0.25, 0.3) is 0 Å². The van der Waals surface area contributed by atoms with Gasteiger partial charge < -0.3 is 19.7 Å². The quantitative estimate of drug-likeness (QED) is 0.825. The highest BCUT2D eigenvalue weighted by atomic mass is 16.5. The molecule has 0 spiro atoms. The van der Waals surface area contributed by atoms with E-state index in [2.05, 4.69) is 0 Å². The Morgan fingerprint density at radius 3 is 2.52 bits per heavy atom. The van der Waals surface area contributed by atoms with E-state index in [1.807, 2.05) is 30.3 Å². The first-order valence-electron chi connectivity index (χ1n) is 6.37. The molecule has 0 heterocycles. The number of carbonyl (C=O) groups is 1. The molecule has 0 amide bonds. The molecule has 2 aromatic rings. The van der Waals surface area contributed by atoms with Crippen LogP contribution in [0, 0.1) is 0 Å². The first-order chi connectivity index (χ1) is 10.2. The molecule has 2 N–H and O–H groups in total. The van der Waals surface area contributed by atoms with Gasteiger partial charge in [-0.1, -0.05) is 30.3 Å². The lowest BCUT2D eigenvalue weighted by atomic mass is 10.1. The smallest absolute Gasteiger partial charge is 0.338 e. The highest BCUT2D eigenvalue weighted by Gasteiger charge is 2.15. The Labute approximate surface area is 122 Å². The molecule has 0 fully saturated rings. The summed E-state index contributed by atoms with van der Waals surface area (Å²) >= 11 is 0. The van der Waals surface area contributed by atoms with Crippen LogP contribution in [0.5, 0.6) is 11.5 Å². The number of aromatic hydroxyl groups is 1. The zero-order valence-corrected chi connectivity index (χ0v) is 11.6. The second-order valence-electron chi connectivity index (χ2n) is 4.41. The van der Waals surface area contributed by atoms with Crippen molar-refractivity contribution in [1.82, 2.24) is 0 Å². The number of aliphatic hydroxyl groups excluding tert-OH is 1. The molecule has 0 aliphatic carbocycles. The molecule has 21 heavy (non-hydrogen) atoms. The average Bonchev–Trinajstić information content (AvgIpc) is 2.53. The number of phenols is 1. The lowest BCUT2D eigenvalue weighted by Crippen LogP contribution is -2.06. The fourth-order valence-electron chi connectivity index (χ4n) is 1.87. The standard InChI is InChI=1S/C16H16O5/c1-20-14-8-12(7-13(9-17)15(14)18)16(19)21-10-11-5-3-2-4-6-11/h2-8,17-18H,9-10H2,1H3. The van der Waals surface area contributed by atoms with Gasteiger partial charge in [0.25, 0.3) is 0 Å². The maximum absolute atomic E-state index is 12.0. The van der Waals surface area contributed by atoms with Crippen LogP contribution in [0.1, 0.15) is 21.5 Å². The summed E-state index contributed by atoms with van der Waals surface area (Å²) in [5, 5.41) is 19.0. The van der Waals surface area contributed by atoms with Gasteiger partial charge in [-0.3, -0.25) is 0 Å². The summed E-state index contributed by atoms with van der Waals surface area (Å²) in [7, 11) is 1.37. The number of ether oxygens (including phenoxy) is 2. The second kappa shape index (κ2) is 6.76. The van der Waals surface area contributed by atoms with E-state index in [9.17, 15) is 15.0 Å². The normalized spacial score (nSPS) is 10.2. The van der Waals surface area contributed by atoms with Gasteiger partial charge in [-0.05, 0) is 17.7 Å². The molecule has 0 saturated carbocycles. The van der Waals surface area contributed by atoms with Crippen molar-refractivity contribution >= 4 is 5.97 Å². The first-order valence-corrected chi connectivity index (χ1v) is 6.37. The average molecular weight is 288 g/mol. The summed E-state index contributed by atoms with van der Waals surface area (Å²) in [5.41, 5.74) is 1.30. The van der Waals surface area contributed by atoms with Crippen molar-refractivity contribution in [3.63, 3.8) is 0 Å². The van der Waals surface area contributed by atoms with E-state index in [-0.39, 0.29) is 29.2 Å². The van der Waals surface area contributed by atoms with Crippen molar-refractivity contribution in [3.8, 4) is 11.5 Å². The zero-order chi connectivity index (χ0) is 15.2. The van der Waals surface area contributed by atoms with Gasteiger partial charge in [-0.25, -0.2) is 4.79 Å². The second-order valence-corrected chi connectivity index (χ2v) is 4.41. The fourth-order valence-corrected chi connectivity index (χ4v) is 1.87. The van der Waals surface area contributed by atoms with Gasteiger partial charge in [0.2, 0.25) is 0 Å². The molecule has 0 aliphatic rings. The molecular formula is C16H16O5. The maximum Gasteiger partial charge on any atom is 0.338 e. The fraction of sp³-hybridized carbons (Fsp3) is 0.188. The highest BCUT2D eigenvalue weighted by molar-refractivity contribution is 5.90. The van der Waals surface area contributed by atoms with E-state index in [0.29, 0.717) is 0 Å². The number of rotatable bonds is 5. The number of hydrogen-bond acceptors (Lipinski definition) is 5. The third-order valence-corrected chi connectivity index (χ3v) is 2.99. The van der Waals surface area contributed by atoms with E-state index < -0.39 is 12.6 Å². The van der Waals surface area contributed by atoms with E-state index in [4.69, 9.17) is 9.47 Å². The number of carbonyl (C=O) groups excluding carboxylic acids is 1. The van der Waals surface area contributed by atoms with Crippen molar-refractivity contribution in [3.05, 3.63) is 59.2 Å². The Morgan fingerprint density at radius 1 is 1.19 bits per heavy atom. The number of benzene rings is 2. The van der Waals surface area contributed by atoms with Crippen molar-refractivity contribution in [2.75, 3.05) is 7.11 Å². The van der Waals surface area contributed by atoms with Crippen LogP contribution in [0.4, 0.5) is 0 Å². The molecule has 0 unspecified atom stereocenters. The lowest BCUT2D eigenvalue weighted by Gasteiger charge is -2.10. The van der Waals surface area contributed by atoms with Gasteiger partial charge in [0.1, 0.15) is 6.61 Å². The van der Waals surface area contributed by atoms with Crippen LogP contribution < -0.4 is 4.74 Å². The third-order valence-electron chi connectivity index (χ3n) is 2.99. The molecule has 0 radical (unpaired) electrons. The van der Waals surface area contributed by atoms with Gasteiger partial charge >= 0.3 is 5.97 Å². The van der Waals surface area contributed by atoms with Crippen LogP contribution in [-0.2, 0) is 18.0 Å². The zero-order valence-electron chi connectivity index (χ0n) is 11.6. The van der Waals surface area contributed by atoms with Crippen LogP contribution in [-0.4, -0.2) is 23.3 Å². The minimum Gasteiger partial charge on any atom is -0.504 e. The molecular weight excluding hydrogens is 272 g/mol. The maximum atomic E-state index is 12.0. The summed E-state index contributed by atoms with van der Waals surface area (Å²) in [6.07, 6.45) is 0. The molecule has 0 bridgehead atoms. The molecule has 0 atom stereocenters. The van der Waals surface area contributed by atoms with Gasteiger partial charge in [0, 0.05) is 5.56 Å². The van der Waals surface area contributed by atoms with Gasteiger partial charge in [-0.15, -0.1) is 0 Å². The molecule has 0 aromatic heterocycles. The van der Waals surface area contributed by atoms with Crippen molar-refractivity contribution in [1.29, 1.82) is 0 Å². The van der Waals surface area contributed by atoms with Crippen molar-refractivity contribution < 1.29 is 24.5 Å². The van der Waals surface area contributed by atoms with E-state index >= 15 is 0 Å². The monoisotopic (exact) mass is 288 g/mol. The third kappa shape index (κ3) is 3.52. The molecule has 2 rings (SSSR count). The Morgan fingerprint density at radius 2 is 1.90 bits per heavy atom. The minimum atomic E-state index is -0.549. The minimum absolute atomic E-state index is 0.119. The Balaban J connectivity index is 2.15. The SMILES string of the molecule is COc1cc(C(=O)OCc2ccccc2)cc(CO)c1O.